The number of hydrogen-bond acceptors (Lipinski definition) is 4. The smallest absolute Gasteiger partial charge is 0.0586 e. The predicted octanol–water partition coefficient (Wildman–Crippen LogP) is 2.01. The summed E-state index contributed by atoms with van der Waals surface area (Å²) in [6.45, 7) is 5.23. The SMILES string of the molecule is CCc1ccc(C2(COC)CCOC2)c(CN(C)C)n1. The highest BCUT2D eigenvalue weighted by Crippen LogP contribution is 2.35. The van der Waals surface area contributed by atoms with Gasteiger partial charge in [0.25, 0.3) is 0 Å². The van der Waals surface area contributed by atoms with Crippen molar-refractivity contribution in [3.8, 4) is 0 Å². The highest BCUT2D eigenvalue weighted by atomic mass is 16.5. The molecule has 0 aliphatic carbocycles. The zero-order chi connectivity index (χ0) is 14.6. The van der Waals surface area contributed by atoms with Gasteiger partial charge in [-0.05, 0) is 38.6 Å². The minimum Gasteiger partial charge on any atom is -0.384 e. The Morgan fingerprint density at radius 3 is 2.75 bits per heavy atom. The minimum atomic E-state index is -0.0284. The van der Waals surface area contributed by atoms with Crippen LogP contribution in [0.25, 0.3) is 0 Å². The molecule has 4 heteroatoms. The molecule has 1 unspecified atom stereocenters. The number of pyridine rings is 1. The summed E-state index contributed by atoms with van der Waals surface area (Å²) in [7, 11) is 5.93. The normalized spacial score (nSPS) is 22.6. The molecule has 1 saturated heterocycles. The van der Waals surface area contributed by atoms with Crippen LogP contribution >= 0.6 is 0 Å². The van der Waals surface area contributed by atoms with Crippen LogP contribution in [0.15, 0.2) is 12.1 Å². The molecule has 4 nitrogen and oxygen atoms in total. The molecular formula is C16H26N2O2. The molecule has 0 radical (unpaired) electrons. The van der Waals surface area contributed by atoms with Crippen LogP contribution in [0.5, 0.6) is 0 Å². The number of aryl methyl sites for hydroxylation is 1. The van der Waals surface area contributed by atoms with Crippen LogP contribution in [-0.2, 0) is 27.9 Å². The maximum Gasteiger partial charge on any atom is 0.0586 e. The third kappa shape index (κ3) is 3.19. The van der Waals surface area contributed by atoms with Gasteiger partial charge in [-0.3, -0.25) is 4.98 Å². The Balaban J connectivity index is 2.42. The largest absolute Gasteiger partial charge is 0.384 e. The topological polar surface area (TPSA) is 34.6 Å². The zero-order valence-corrected chi connectivity index (χ0v) is 13.1. The molecule has 0 saturated carbocycles. The van der Waals surface area contributed by atoms with E-state index in [1.165, 1.54) is 5.56 Å². The number of methoxy groups -OCH3 is 1. The van der Waals surface area contributed by atoms with Crippen molar-refractivity contribution in [1.29, 1.82) is 0 Å². The molecule has 0 bridgehead atoms. The lowest BCUT2D eigenvalue weighted by molar-refractivity contribution is 0.106. The lowest BCUT2D eigenvalue weighted by Gasteiger charge is -2.30. The molecule has 0 amide bonds. The van der Waals surface area contributed by atoms with Crippen molar-refractivity contribution >= 4 is 0 Å². The van der Waals surface area contributed by atoms with E-state index in [2.05, 4.69) is 38.1 Å². The molecule has 1 fully saturated rings. The minimum absolute atomic E-state index is 0.0284. The Kier molecular flexibility index (Phi) is 5.13. The predicted molar refractivity (Wildman–Crippen MR) is 80.0 cm³/mol. The quantitative estimate of drug-likeness (QED) is 0.797. The number of hydrogen-bond donors (Lipinski definition) is 0. The molecule has 20 heavy (non-hydrogen) atoms. The molecule has 112 valence electrons. The molecule has 1 aliphatic rings. The van der Waals surface area contributed by atoms with Gasteiger partial charge in [0.15, 0.2) is 0 Å². The molecule has 1 atom stereocenters. The van der Waals surface area contributed by atoms with E-state index in [1.807, 2.05) is 0 Å². The van der Waals surface area contributed by atoms with Crippen LogP contribution in [0.1, 0.15) is 30.3 Å². The highest BCUT2D eigenvalue weighted by molar-refractivity contribution is 5.33. The second-order valence-electron chi connectivity index (χ2n) is 5.90. The summed E-state index contributed by atoms with van der Waals surface area (Å²) >= 11 is 0. The van der Waals surface area contributed by atoms with E-state index in [1.54, 1.807) is 7.11 Å². The van der Waals surface area contributed by atoms with Crippen molar-refractivity contribution in [3.05, 3.63) is 29.1 Å². The summed E-state index contributed by atoms with van der Waals surface area (Å²) in [5.41, 5.74) is 3.58. The van der Waals surface area contributed by atoms with Gasteiger partial charge in [-0.1, -0.05) is 13.0 Å². The van der Waals surface area contributed by atoms with Crippen molar-refractivity contribution in [2.24, 2.45) is 0 Å². The van der Waals surface area contributed by atoms with Crippen molar-refractivity contribution in [1.82, 2.24) is 9.88 Å². The molecule has 0 N–H and O–H groups in total. The number of aromatic nitrogens is 1. The lowest BCUT2D eigenvalue weighted by atomic mass is 9.79. The zero-order valence-electron chi connectivity index (χ0n) is 13.1. The second-order valence-corrected chi connectivity index (χ2v) is 5.90. The van der Waals surface area contributed by atoms with Gasteiger partial charge in [0, 0.05) is 31.4 Å². The van der Waals surface area contributed by atoms with Crippen LogP contribution in [0, 0.1) is 0 Å². The first-order valence-electron chi connectivity index (χ1n) is 7.32. The van der Waals surface area contributed by atoms with Crippen molar-refractivity contribution in [3.63, 3.8) is 0 Å². The fourth-order valence-corrected chi connectivity index (χ4v) is 2.93. The summed E-state index contributed by atoms with van der Waals surface area (Å²) in [6.07, 6.45) is 1.98. The first-order chi connectivity index (χ1) is 9.61. The van der Waals surface area contributed by atoms with E-state index in [4.69, 9.17) is 14.5 Å². The van der Waals surface area contributed by atoms with E-state index >= 15 is 0 Å². The molecule has 1 aliphatic heterocycles. The van der Waals surface area contributed by atoms with Gasteiger partial charge >= 0.3 is 0 Å². The van der Waals surface area contributed by atoms with Gasteiger partial charge in [0.05, 0.1) is 18.9 Å². The Hall–Kier alpha value is -0.970. The molecule has 1 aromatic rings. The Morgan fingerprint density at radius 2 is 2.20 bits per heavy atom. The Morgan fingerprint density at radius 1 is 1.40 bits per heavy atom. The van der Waals surface area contributed by atoms with E-state index < -0.39 is 0 Å². The molecular weight excluding hydrogens is 252 g/mol. The fraction of sp³-hybridized carbons (Fsp3) is 0.688. The van der Waals surface area contributed by atoms with E-state index in [0.717, 1.165) is 44.0 Å². The highest BCUT2D eigenvalue weighted by Gasteiger charge is 2.39. The van der Waals surface area contributed by atoms with Crippen LogP contribution in [0.4, 0.5) is 0 Å². The molecule has 2 heterocycles. The number of ether oxygens (including phenoxy) is 2. The average molecular weight is 278 g/mol. The first kappa shape index (κ1) is 15.4. The molecule has 2 rings (SSSR count). The molecule has 1 aromatic heterocycles. The monoisotopic (exact) mass is 278 g/mol. The number of rotatable bonds is 6. The van der Waals surface area contributed by atoms with Crippen molar-refractivity contribution in [2.45, 2.75) is 31.7 Å². The Labute approximate surface area is 122 Å². The summed E-state index contributed by atoms with van der Waals surface area (Å²) in [5, 5.41) is 0. The van der Waals surface area contributed by atoms with Gasteiger partial charge in [-0.25, -0.2) is 0 Å². The third-order valence-corrected chi connectivity index (χ3v) is 3.96. The Bertz CT molecular complexity index is 440. The third-order valence-electron chi connectivity index (χ3n) is 3.96. The lowest BCUT2D eigenvalue weighted by Crippen LogP contribution is -2.34. The van der Waals surface area contributed by atoms with Crippen LogP contribution in [0.3, 0.4) is 0 Å². The molecule has 0 aromatic carbocycles. The van der Waals surface area contributed by atoms with Crippen LogP contribution in [0.2, 0.25) is 0 Å². The fourth-order valence-electron chi connectivity index (χ4n) is 2.93. The summed E-state index contributed by atoms with van der Waals surface area (Å²) in [4.78, 5) is 7.02. The summed E-state index contributed by atoms with van der Waals surface area (Å²) in [6, 6.07) is 4.38. The van der Waals surface area contributed by atoms with E-state index in [9.17, 15) is 0 Å². The van der Waals surface area contributed by atoms with Gasteiger partial charge < -0.3 is 14.4 Å². The van der Waals surface area contributed by atoms with Crippen molar-refractivity contribution in [2.75, 3.05) is 41.0 Å². The van der Waals surface area contributed by atoms with Gasteiger partial charge in [-0.2, -0.15) is 0 Å². The second kappa shape index (κ2) is 6.66. The van der Waals surface area contributed by atoms with E-state index in [-0.39, 0.29) is 5.41 Å². The molecule has 0 spiro atoms. The summed E-state index contributed by atoms with van der Waals surface area (Å²) in [5.74, 6) is 0. The van der Waals surface area contributed by atoms with Crippen LogP contribution in [-0.4, -0.2) is 50.9 Å². The maximum atomic E-state index is 5.66. The maximum absolute atomic E-state index is 5.66. The van der Waals surface area contributed by atoms with Crippen molar-refractivity contribution < 1.29 is 9.47 Å². The van der Waals surface area contributed by atoms with E-state index in [0.29, 0.717) is 6.61 Å². The van der Waals surface area contributed by atoms with Crippen LogP contribution < -0.4 is 0 Å². The van der Waals surface area contributed by atoms with Gasteiger partial charge in [0.2, 0.25) is 0 Å². The summed E-state index contributed by atoms with van der Waals surface area (Å²) < 4.78 is 11.1. The average Bonchev–Trinajstić information content (AvgIpc) is 2.88. The van der Waals surface area contributed by atoms with Gasteiger partial charge in [-0.15, -0.1) is 0 Å². The standard InChI is InChI=1S/C16H26N2O2/c1-5-13-6-7-14(15(17-13)10-18(2)3)16(11-19-4)8-9-20-12-16/h6-7H,5,8-12H2,1-4H3. The number of nitrogens with zero attached hydrogens (tertiary/aromatic N) is 2. The van der Waals surface area contributed by atoms with Gasteiger partial charge in [0.1, 0.15) is 0 Å². The first-order valence-corrected chi connectivity index (χ1v) is 7.32.